The molecule has 86 valence electrons. The Morgan fingerprint density at radius 2 is 2.07 bits per heavy atom. The van der Waals surface area contributed by atoms with Crippen molar-refractivity contribution < 1.29 is 13.2 Å². The number of nitrogens with zero attached hydrogens (tertiary/aromatic N) is 1. The van der Waals surface area contributed by atoms with Gasteiger partial charge in [0.25, 0.3) is 0 Å². The van der Waals surface area contributed by atoms with E-state index >= 15 is 0 Å². The van der Waals surface area contributed by atoms with Gasteiger partial charge in [-0.1, -0.05) is 6.92 Å². The second-order valence-corrected chi connectivity index (χ2v) is 4.36. The van der Waals surface area contributed by atoms with Crippen LogP contribution in [0.5, 0.6) is 0 Å². The highest BCUT2D eigenvalue weighted by molar-refractivity contribution is 7.11. The minimum atomic E-state index is -4.17. The number of halogens is 3. The number of aromatic nitrogens is 1. The molecule has 1 aromatic heterocycles. The Morgan fingerprint density at radius 1 is 1.40 bits per heavy atom. The average Bonchev–Trinajstić information content (AvgIpc) is 2.39. The summed E-state index contributed by atoms with van der Waals surface area (Å²) in [6.07, 6.45) is -5.09. The highest BCUT2D eigenvalue weighted by Gasteiger charge is 2.29. The largest absolute Gasteiger partial charge is 0.395 e. The van der Waals surface area contributed by atoms with Crippen LogP contribution < -0.4 is 5.32 Å². The van der Waals surface area contributed by atoms with E-state index in [1.165, 1.54) is 0 Å². The molecular formula is C9H13F3N2S. The first-order chi connectivity index (χ1) is 6.92. The molecule has 6 heteroatoms. The number of hydrogen-bond donors (Lipinski definition) is 1. The SMILES string of the molecule is CCNCc1sc(CC(F)(F)F)nc1C. The number of thiazole rings is 1. The summed E-state index contributed by atoms with van der Waals surface area (Å²) in [6.45, 7) is 5.08. The molecule has 0 spiro atoms. The first-order valence-corrected chi connectivity index (χ1v) is 5.46. The molecule has 0 aliphatic rings. The molecule has 0 aliphatic heterocycles. The van der Waals surface area contributed by atoms with Gasteiger partial charge in [0.05, 0.1) is 12.1 Å². The number of hydrogen-bond acceptors (Lipinski definition) is 3. The van der Waals surface area contributed by atoms with Crippen LogP contribution >= 0.6 is 11.3 Å². The molecule has 0 aliphatic carbocycles. The number of nitrogens with one attached hydrogen (secondary N) is 1. The van der Waals surface area contributed by atoms with Gasteiger partial charge in [-0.15, -0.1) is 11.3 Å². The maximum absolute atomic E-state index is 12.1. The summed E-state index contributed by atoms with van der Waals surface area (Å²) >= 11 is 1.13. The molecule has 1 rings (SSSR count). The van der Waals surface area contributed by atoms with Gasteiger partial charge in [-0.05, 0) is 13.5 Å². The molecule has 0 saturated carbocycles. The third-order valence-electron chi connectivity index (χ3n) is 1.82. The molecular weight excluding hydrogens is 225 g/mol. The molecule has 0 unspecified atom stereocenters. The zero-order chi connectivity index (χ0) is 11.5. The topological polar surface area (TPSA) is 24.9 Å². The molecule has 2 nitrogen and oxygen atoms in total. The third-order valence-corrected chi connectivity index (χ3v) is 2.98. The van der Waals surface area contributed by atoms with Gasteiger partial charge in [0.2, 0.25) is 0 Å². The third kappa shape index (κ3) is 4.17. The van der Waals surface area contributed by atoms with Crippen molar-refractivity contribution in [2.45, 2.75) is 33.0 Å². The van der Waals surface area contributed by atoms with Crippen molar-refractivity contribution in [1.82, 2.24) is 10.3 Å². The first-order valence-electron chi connectivity index (χ1n) is 4.65. The highest BCUT2D eigenvalue weighted by atomic mass is 32.1. The number of aryl methyl sites for hydroxylation is 1. The maximum Gasteiger partial charge on any atom is 0.395 e. The van der Waals surface area contributed by atoms with Gasteiger partial charge in [0, 0.05) is 11.4 Å². The molecule has 0 aromatic carbocycles. The van der Waals surface area contributed by atoms with Crippen LogP contribution in [0.1, 0.15) is 22.5 Å². The zero-order valence-electron chi connectivity index (χ0n) is 8.61. The van der Waals surface area contributed by atoms with Gasteiger partial charge >= 0.3 is 6.18 Å². The van der Waals surface area contributed by atoms with Crippen LogP contribution in [-0.4, -0.2) is 17.7 Å². The standard InChI is InChI=1S/C9H13F3N2S/c1-3-13-5-7-6(2)14-8(15-7)4-9(10,11)12/h13H,3-5H2,1-2H3. The fourth-order valence-electron chi connectivity index (χ4n) is 1.14. The van der Waals surface area contributed by atoms with E-state index in [0.29, 0.717) is 12.2 Å². The van der Waals surface area contributed by atoms with Crippen LogP contribution in [0, 0.1) is 6.92 Å². The van der Waals surface area contributed by atoms with Crippen LogP contribution in [-0.2, 0) is 13.0 Å². The van der Waals surface area contributed by atoms with Gasteiger partial charge in [-0.2, -0.15) is 13.2 Å². The second kappa shape index (κ2) is 4.94. The lowest BCUT2D eigenvalue weighted by Crippen LogP contribution is -2.11. The molecule has 1 heterocycles. The van der Waals surface area contributed by atoms with Crippen molar-refractivity contribution >= 4 is 11.3 Å². The molecule has 0 saturated heterocycles. The molecule has 0 amide bonds. The highest BCUT2D eigenvalue weighted by Crippen LogP contribution is 2.26. The van der Waals surface area contributed by atoms with E-state index in [9.17, 15) is 13.2 Å². The van der Waals surface area contributed by atoms with Crippen molar-refractivity contribution in [2.75, 3.05) is 6.54 Å². The summed E-state index contributed by atoms with van der Waals surface area (Å²) < 4.78 is 36.3. The lowest BCUT2D eigenvalue weighted by molar-refractivity contribution is -0.127. The summed E-state index contributed by atoms with van der Waals surface area (Å²) in [7, 11) is 0. The van der Waals surface area contributed by atoms with E-state index in [-0.39, 0.29) is 5.01 Å². The van der Waals surface area contributed by atoms with E-state index in [2.05, 4.69) is 10.3 Å². The van der Waals surface area contributed by atoms with Gasteiger partial charge in [-0.25, -0.2) is 4.98 Å². The van der Waals surface area contributed by atoms with Crippen LogP contribution in [0.25, 0.3) is 0 Å². The molecule has 15 heavy (non-hydrogen) atoms. The lowest BCUT2D eigenvalue weighted by atomic mass is 10.4. The molecule has 0 atom stereocenters. The van der Waals surface area contributed by atoms with Crippen molar-refractivity contribution in [3.63, 3.8) is 0 Å². The Morgan fingerprint density at radius 3 is 2.60 bits per heavy atom. The molecule has 0 fully saturated rings. The molecule has 1 aromatic rings. The van der Waals surface area contributed by atoms with Gasteiger partial charge in [-0.3, -0.25) is 0 Å². The van der Waals surface area contributed by atoms with E-state index in [1.54, 1.807) is 6.92 Å². The Balaban J connectivity index is 2.68. The zero-order valence-corrected chi connectivity index (χ0v) is 9.43. The van der Waals surface area contributed by atoms with Crippen molar-refractivity contribution in [3.8, 4) is 0 Å². The summed E-state index contributed by atoms with van der Waals surface area (Å²) in [4.78, 5) is 4.79. The van der Waals surface area contributed by atoms with Crippen LogP contribution in [0.3, 0.4) is 0 Å². The van der Waals surface area contributed by atoms with Crippen LogP contribution in [0.15, 0.2) is 0 Å². The fourth-order valence-corrected chi connectivity index (χ4v) is 2.21. The predicted molar refractivity (Wildman–Crippen MR) is 54.0 cm³/mol. The van der Waals surface area contributed by atoms with Crippen molar-refractivity contribution in [2.24, 2.45) is 0 Å². The summed E-state index contributed by atoms with van der Waals surface area (Å²) in [5.74, 6) is 0. The van der Waals surface area contributed by atoms with Crippen LogP contribution in [0.4, 0.5) is 13.2 Å². The van der Waals surface area contributed by atoms with Gasteiger partial charge < -0.3 is 5.32 Å². The Bertz CT molecular complexity index is 320. The molecule has 0 radical (unpaired) electrons. The van der Waals surface area contributed by atoms with Gasteiger partial charge in [0.1, 0.15) is 5.01 Å². The van der Waals surface area contributed by atoms with Crippen LogP contribution in [0.2, 0.25) is 0 Å². The first kappa shape index (κ1) is 12.4. The normalized spacial score (nSPS) is 12.1. The van der Waals surface area contributed by atoms with E-state index in [1.807, 2.05) is 6.92 Å². The van der Waals surface area contributed by atoms with E-state index in [0.717, 1.165) is 22.8 Å². The minimum Gasteiger partial charge on any atom is -0.312 e. The molecule has 1 N–H and O–H groups in total. The number of rotatable bonds is 4. The maximum atomic E-state index is 12.1. The van der Waals surface area contributed by atoms with Gasteiger partial charge in [0.15, 0.2) is 0 Å². The second-order valence-electron chi connectivity index (χ2n) is 3.19. The Hall–Kier alpha value is -0.620. The minimum absolute atomic E-state index is 0.146. The van der Waals surface area contributed by atoms with E-state index < -0.39 is 12.6 Å². The van der Waals surface area contributed by atoms with E-state index in [4.69, 9.17) is 0 Å². The predicted octanol–water partition coefficient (Wildman–Crippen LogP) is 2.67. The summed E-state index contributed by atoms with van der Waals surface area (Å²) in [6, 6.07) is 0. The smallest absolute Gasteiger partial charge is 0.312 e. The Kier molecular flexibility index (Phi) is 4.10. The quantitative estimate of drug-likeness (QED) is 0.872. The van der Waals surface area contributed by atoms with Crippen molar-refractivity contribution in [1.29, 1.82) is 0 Å². The summed E-state index contributed by atoms with van der Waals surface area (Å²) in [5, 5.41) is 3.22. The summed E-state index contributed by atoms with van der Waals surface area (Å²) in [5.41, 5.74) is 0.695. The van der Waals surface area contributed by atoms with Crippen molar-refractivity contribution in [3.05, 3.63) is 15.6 Å². The average molecular weight is 238 g/mol. The fraction of sp³-hybridized carbons (Fsp3) is 0.667. The molecule has 0 bridgehead atoms. The monoisotopic (exact) mass is 238 g/mol. The Labute approximate surface area is 90.5 Å². The number of alkyl halides is 3. The lowest BCUT2D eigenvalue weighted by Gasteiger charge is -2.01.